The molecule has 1 aromatic heterocycles. The maximum Gasteiger partial charge on any atom is 0.305 e. The van der Waals surface area contributed by atoms with Gasteiger partial charge >= 0.3 is 5.97 Å². The van der Waals surface area contributed by atoms with Gasteiger partial charge in [-0.1, -0.05) is 0 Å². The predicted molar refractivity (Wildman–Crippen MR) is 41.2 cm³/mol. The Morgan fingerprint density at radius 2 is 2.50 bits per heavy atom. The molecule has 12 heavy (non-hydrogen) atoms. The summed E-state index contributed by atoms with van der Waals surface area (Å²) in [7, 11) is 0. The van der Waals surface area contributed by atoms with Crippen LogP contribution in [-0.4, -0.2) is 21.0 Å². The maximum absolute atomic E-state index is 10.3. The molecule has 0 aliphatic carbocycles. The normalized spacial score (nSPS) is 12.4. The summed E-state index contributed by atoms with van der Waals surface area (Å²) in [5.41, 5.74) is 6.07. The zero-order valence-electron chi connectivity index (χ0n) is 6.34. The van der Waals surface area contributed by atoms with Crippen LogP contribution in [0.15, 0.2) is 18.6 Å². The van der Waals surface area contributed by atoms with E-state index in [-0.39, 0.29) is 6.42 Å². The predicted octanol–water partition coefficient (Wildman–Crippen LogP) is -0.0489. The van der Waals surface area contributed by atoms with Crippen molar-refractivity contribution in [1.29, 1.82) is 0 Å². The van der Waals surface area contributed by atoms with Gasteiger partial charge in [0.25, 0.3) is 0 Å². The van der Waals surface area contributed by atoms with Crippen LogP contribution < -0.4 is 5.73 Å². The number of aromatic nitrogens is 2. The van der Waals surface area contributed by atoms with Gasteiger partial charge in [0, 0.05) is 6.20 Å². The highest BCUT2D eigenvalue weighted by Crippen LogP contribution is 2.08. The lowest BCUT2D eigenvalue weighted by atomic mass is 10.1. The minimum absolute atomic E-state index is 0.114. The van der Waals surface area contributed by atoms with Gasteiger partial charge in [-0.25, -0.2) is 9.97 Å². The number of carboxylic acids is 1. The fourth-order valence-electron chi connectivity index (χ4n) is 0.813. The van der Waals surface area contributed by atoms with Crippen LogP contribution in [-0.2, 0) is 4.79 Å². The number of hydrogen-bond acceptors (Lipinski definition) is 4. The fourth-order valence-corrected chi connectivity index (χ4v) is 0.813. The van der Waals surface area contributed by atoms with Gasteiger partial charge in [-0.3, -0.25) is 4.79 Å². The third kappa shape index (κ3) is 2.28. The largest absolute Gasteiger partial charge is 0.481 e. The second-order valence-electron chi connectivity index (χ2n) is 2.34. The van der Waals surface area contributed by atoms with Crippen LogP contribution in [0.25, 0.3) is 0 Å². The lowest BCUT2D eigenvalue weighted by Crippen LogP contribution is -2.16. The first-order valence-electron chi connectivity index (χ1n) is 3.43. The Morgan fingerprint density at radius 1 is 1.75 bits per heavy atom. The lowest BCUT2D eigenvalue weighted by Gasteiger charge is -2.05. The molecule has 5 heteroatoms. The molecule has 0 saturated carbocycles. The molecule has 1 heterocycles. The topological polar surface area (TPSA) is 89.1 Å². The second kappa shape index (κ2) is 3.77. The number of nitrogens with zero attached hydrogens (tertiary/aromatic N) is 2. The summed E-state index contributed by atoms with van der Waals surface area (Å²) in [6, 6.07) is 1.05. The summed E-state index contributed by atoms with van der Waals surface area (Å²) >= 11 is 0. The highest BCUT2D eigenvalue weighted by molar-refractivity contribution is 5.67. The Hall–Kier alpha value is -1.49. The monoisotopic (exact) mass is 167 g/mol. The summed E-state index contributed by atoms with van der Waals surface area (Å²) in [6.07, 6.45) is 2.76. The van der Waals surface area contributed by atoms with E-state index in [0.717, 1.165) is 0 Å². The van der Waals surface area contributed by atoms with Crippen LogP contribution in [0.4, 0.5) is 0 Å². The number of carboxylic acid groups (broad SMARTS) is 1. The minimum atomic E-state index is -0.930. The molecule has 0 saturated heterocycles. The Labute approximate surface area is 69.3 Å². The molecular formula is C7H9N3O2. The quantitative estimate of drug-likeness (QED) is 0.658. The molecule has 0 aliphatic rings. The smallest absolute Gasteiger partial charge is 0.305 e. The molecule has 0 amide bonds. The van der Waals surface area contributed by atoms with E-state index in [9.17, 15) is 4.79 Å². The summed E-state index contributed by atoms with van der Waals surface area (Å²) < 4.78 is 0. The first-order valence-corrected chi connectivity index (χ1v) is 3.43. The standard InChI is InChI=1S/C7H9N3O2/c8-5(3-7(11)12)6-1-2-9-4-10-6/h1-2,4-5H,3,8H2,(H,11,12)/t5-/m0/s1. The Morgan fingerprint density at radius 3 is 3.00 bits per heavy atom. The first kappa shape index (κ1) is 8.61. The van der Waals surface area contributed by atoms with E-state index in [1.807, 2.05) is 0 Å². The van der Waals surface area contributed by atoms with Crippen molar-refractivity contribution in [3.63, 3.8) is 0 Å². The van der Waals surface area contributed by atoms with Crippen molar-refractivity contribution in [3.05, 3.63) is 24.3 Å². The van der Waals surface area contributed by atoms with Crippen LogP contribution >= 0.6 is 0 Å². The van der Waals surface area contributed by atoms with E-state index in [2.05, 4.69) is 9.97 Å². The van der Waals surface area contributed by atoms with Crippen LogP contribution in [0.1, 0.15) is 18.2 Å². The minimum Gasteiger partial charge on any atom is -0.481 e. The van der Waals surface area contributed by atoms with Gasteiger partial charge in [-0.05, 0) is 6.07 Å². The number of rotatable bonds is 3. The maximum atomic E-state index is 10.3. The number of hydrogen-bond donors (Lipinski definition) is 2. The zero-order chi connectivity index (χ0) is 8.97. The number of carbonyl (C=O) groups is 1. The van der Waals surface area contributed by atoms with E-state index in [4.69, 9.17) is 10.8 Å². The molecule has 1 rings (SSSR count). The average molecular weight is 167 g/mol. The van der Waals surface area contributed by atoms with Crippen molar-refractivity contribution in [2.24, 2.45) is 5.73 Å². The Kier molecular flexibility index (Phi) is 2.71. The third-order valence-corrected chi connectivity index (χ3v) is 1.38. The van der Waals surface area contributed by atoms with Crippen LogP contribution in [0, 0.1) is 0 Å². The molecule has 64 valence electrons. The van der Waals surface area contributed by atoms with Crippen molar-refractivity contribution in [2.75, 3.05) is 0 Å². The molecule has 0 radical (unpaired) electrons. The summed E-state index contributed by atoms with van der Waals surface area (Å²) in [6.45, 7) is 0. The molecule has 3 N–H and O–H groups in total. The van der Waals surface area contributed by atoms with Crippen molar-refractivity contribution < 1.29 is 9.90 Å². The van der Waals surface area contributed by atoms with Crippen molar-refractivity contribution in [2.45, 2.75) is 12.5 Å². The summed E-state index contributed by atoms with van der Waals surface area (Å²) in [4.78, 5) is 17.8. The fraction of sp³-hybridized carbons (Fsp3) is 0.286. The molecule has 1 atom stereocenters. The van der Waals surface area contributed by atoms with Gasteiger partial charge in [0.1, 0.15) is 6.33 Å². The third-order valence-electron chi connectivity index (χ3n) is 1.38. The highest BCUT2D eigenvalue weighted by atomic mass is 16.4. The van der Waals surface area contributed by atoms with E-state index in [1.54, 1.807) is 6.07 Å². The number of aliphatic carboxylic acids is 1. The van der Waals surface area contributed by atoms with Gasteiger partial charge in [-0.2, -0.15) is 0 Å². The van der Waals surface area contributed by atoms with Gasteiger partial charge in [0.05, 0.1) is 18.2 Å². The molecule has 0 bridgehead atoms. The van der Waals surface area contributed by atoms with Crippen molar-refractivity contribution in [1.82, 2.24) is 9.97 Å². The van der Waals surface area contributed by atoms with E-state index in [1.165, 1.54) is 12.5 Å². The molecule has 0 aromatic carbocycles. The van der Waals surface area contributed by atoms with Crippen molar-refractivity contribution in [3.8, 4) is 0 Å². The first-order chi connectivity index (χ1) is 5.70. The van der Waals surface area contributed by atoms with Crippen LogP contribution in [0.3, 0.4) is 0 Å². The molecule has 1 aromatic rings. The number of nitrogens with two attached hydrogens (primary N) is 1. The van der Waals surface area contributed by atoms with Crippen molar-refractivity contribution >= 4 is 5.97 Å². The Balaban J connectivity index is 2.65. The molecular weight excluding hydrogens is 158 g/mol. The molecule has 0 unspecified atom stereocenters. The lowest BCUT2D eigenvalue weighted by molar-refractivity contribution is -0.137. The molecule has 0 fully saturated rings. The highest BCUT2D eigenvalue weighted by Gasteiger charge is 2.10. The van der Waals surface area contributed by atoms with Gasteiger partial charge in [-0.15, -0.1) is 0 Å². The van der Waals surface area contributed by atoms with Gasteiger partial charge in [0.2, 0.25) is 0 Å². The summed E-state index contributed by atoms with van der Waals surface area (Å²) in [5, 5.41) is 8.42. The summed E-state index contributed by atoms with van der Waals surface area (Å²) in [5.74, 6) is -0.930. The van der Waals surface area contributed by atoms with E-state index >= 15 is 0 Å². The van der Waals surface area contributed by atoms with Gasteiger partial charge < -0.3 is 10.8 Å². The van der Waals surface area contributed by atoms with E-state index in [0.29, 0.717) is 5.69 Å². The zero-order valence-corrected chi connectivity index (χ0v) is 6.34. The van der Waals surface area contributed by atoms with Gasteiger partial charge in [0.15, 0.2) is 0 Å². The van der Waals surface area contributed by atoms with E-state index < -0.39 is 12.0 Å². The SMILES string of the molecule is N[C@@H](CC(=O)O)c1ccncn1. The second-order valence-corrected chi connectivity index (χ2v) is 2.34. The van der Waals surface area contributed by atoms with Crippen LogP contribution in [0.2, 0.25) is 0 Å². The molecule has 5 nitrogen and oxygen atoms in total. The molecule has 0 aliphatic heterocycles. The Bertz CT molecular complexity index is 263. The van der Waals surface area contributed by atoms with Crippen LogP contribution in [0.5, 0.6) is 0 Å². The average Bonchev–Trinajstić information content (AvgIpc) is 2.05. The molecule has 0 spiro atoms.